The summed E-state index contributed by atoms with van der Waals surface area (Å²) in [5.74, 6) is 1.57. The Bertz CT molecular complexity index is 535. The van der Waals surface area contributed by atoms with Crippen molar-refractivity contribution in [3.05, 3.63) is 35.6 Å². The van der Waals surface area contributed by atoms with Crippen molar-refractivity contribution < 1.29 is 14.2 Å². The van der Waals surface area contributed by atoms with Crippen LogP contribution in [-0.2, 0) is 14.2 Å². The zero-order chi connectivity index (χ0) is 19.6. The number of ether oxygens (including phenoxy) is 3. The van der Waals surface area contributed by atoms with Crippen molar-refractivity contribution in [3.8, 4) is 12.8 Å². The van der Waals surface area contributed by atoms with Crippen LogP contribution in [0.25, 0.3) is 0 Å². The highest BCUT2D eigenvalue weighted by molar-refractivity contribution is 5.19. The molecule has 1 heterocycles. The summed E-state index contributed by atoms with van der Waals surface area (Å²) in [6.45, 7) is 9.00. The lowest BCUT2D eigenvalue weighted by Crippen LogP contribution is -2.57. The van der Waals surface area contributed by atoms with E-state index in [-0.39, 0.29) is 11.5 Å². The van der Waals surface area contributed by atoms with Crippen LogP contribution in [0.2, 0.25) is 0 Å². The Balaban J connectivity index is 0.00000163. The SMILES string of the molecule is C#C.COC/C=C\C(C)=C/COC1C(OC)=CCC2C(C)NCCC12C. The van der Waals surface area contributed by atoms with Gasteiger partial charge >= 0.3 is 0 Å². The maximum Gasteiger partial charge on any atom is 0.121 e. The summed E-state index contributed by atoms with van der Waals surface area (Å²) in [7, 11) is 3.45. The number of nitrogens with one attached hydrogen (secondary N) is 1. The van der Waals surface area contributed by atoms with Gasteiger partial charge in [0, 0.05) is 18.6 Å². The van der Waals surface area contributed by atoms with Crippen molar-refractivity contribution >= 4 is 0 Å². The van der Waals surface area contributed by atoms with Crippen LogP contribution >= 0.6 is 0 Å². The molecule has 1 aliphatic heterocycles. The number of hydrogen-bond donors (Lipinski definition) is 1. The van der Waals surface area contributed by atoms with Crippen molar-refractivity contribution in [2.45, 2.75) is 45.8 Å². The third-order valence-corrected chi connectivity index (χ3v) is 5.56. The van der Waals surface area contributed by atoms with Crippen LogP contribution in [0.1, 0.15) is 33.6 Å². The molecular weight excluding hydrogens is 326 g/mol. The minimum Gasteiger partial charge on any atom is -0.499 e. The molecule has 26 heavy (non-hydrogen) atoms. The highest BCUT2D eigenvalue weighted by Crippen LogP contribution is 2.48. The number of allylic oxidation sites excluding steroid dienone is 3. The Hall–Kier alpha value is -1.54. The van der Waals surface area contributed by atoms with Crippen LogP contribution in [-0.4, -0.2) is 46.1 Å². The summed E-state index contributed by atoms with van der Waals surface area (Å²) in [6, 6.07) is 0.513. The van der Waals surface area contributed by atoms with E-state index in [2.05, 4.69) is 57.2 Å². The summed E-state index contributed by atoms with van der Waals surface area (Å²) in [4.78, 5) is 0. The molecule has 0 amide bonds. The van der Waals surface area contributed by atoms with Gasteiger partial charge in [0.25, 0.3) is 0 Å². The zero-order valence-electron chi connectivity index (χ0n) is 17.0. The van der Waals surface area contributed by atoms with E-state index in [1.165, 1.54) is 5.57 Å². The smallest absolute Gasteiger partial charge is 0.121 e. The number of piperidine rings is 1. The van der Waals surface area contributed by atoms with Gasteiger partial charge in [0.1, 0.15) is 11.9 Å². The second kappa shape index (κ2) is 11.2. The first-order chi connectivity index (χ1) is 12.5. The van der Waals surface area contributed by atoms with Gasteiger partial charge in [0.05, 0.1) is 20.3 Å². The topological polar surface area (TPSA) is 39.7 Å². The van der Waals surface area contributed by atoms with Gasteiger partial charge in [0.15, 0.2) is 0 Å². The second-order valence-corrected chi connectivity index (χ2v) is 7.17. The van der Waals surface area contributed by atoms with Crippen molar-refractivity contribution in [1.82, 2.24) is 5.32 Å². The monoisotopic (exact) mass is 361 g/mol. The molecule has 4 nitrogen and oxygen atoms in total. The molecule has 0 radical (unpaired) electrons. The molecule has 0 aromatic rings. The highest BCUT2D eigenvalue weighted by Gasteiger charge is 2.50. The molecule has 0 aromatic heterocycles. The van der Waals surface area contributed by atoms with E-state index >= 15 is 0 Å². The van der Waals surface area contributed by atoms with E-state index in [9.17, 15) is 0 Å². The molecule has 1 N–H and O–H groups in total. The predicted octanol–water partition coefficient (Wildman–Crippen LogP) is 3.71. The summed E-state index contributed by atoms with van der Waals surface area (Å²) < 4.78 is 17.0. The quantitative estimate of drug-likeness (QED) is 0.554. The van der Waals surface area contributed by atoms with Gasteiger partial charge in [-0.3, -0.25) is 0 Å². The van der Waals surface area contributed by atoms with Gasteiger partial charge in [-0.1, -0.05) is 30.7 Å². The van der Waals surface area contributed by atoms with Crippen LogP contribution in [0.4, 0.5) is 0 Å². The van der Waals surface area contributed by atoms with Crippen molar-refractivity contribution in [2.75, 3.05) is 34.0 Å². The van der Waals surface area contributed by atoms with Crippen LogP contribution in [0.3, 0.4) is 0 Å². The first-order valence-electron chi connectivity index (χ1n) is 9.27. The Morgan fingerprint density at radius 1 is 1.35 bits per heavy atom. The molecule has 4 unspecified atom stereocenters. The molecule has 0 spiro atoms. The second-order valence-electron chi connectivity index (χ2n) is 7.17. The van der Waals surface area contributed by atoms with Gasteiger partial charge in [-0.15, -0.1) is 12.8 Å². The number of terminal acetylenes is 1. The third-order valence-electron chi connectivity index (χ3n) is 5.56. The van der Waals surface area contributed by atoms with Crippen molar-refractivity contribution in [3.63, 3.8) is 0 Å². The Morgan fingerprint density at radius 3 is 2.73 bits per heavy atom. The zero-order valence-corrected chi connectivity index (χ0v) is 17.0. The van der Waals surface area contributed by atoms with Crippen LogP contribution in [0, 0.1) is 24.2 Å². The number of methoxy groups -OCH3 is 2. The number of fused-ring (bicyclic) bond motifs is 1. The fourth-order valence-electron chi connectivity index (χ4n) is 4.08. The molecule has 0 saturated carbocycles. The molecule has 0 bridgehead atoms. The normalized spacial score (nSPS) is 31.6. The van der Waals surface area contributed by atoms with E-state index in [1.807, 2.05) is 6.08 Å². The lowest BCUT2D eigenvalue weighted by molar-refractivity contribution is -0.0861. The van der Waals surface area contributed by atoms with E-state index < -0.39 is 0 Å². The highest BCUT2D eigenvalue weighted by atomic mass is 16.5. The molecule has 1 saturated heterocycles. The average molecular weight is 362 g/mol. The standard InChI is InChI=1S/C20H33NO3.C2H2/c1-15(7-6-13-22-4)10-14-24-19-18(23-5)9-8-17-16(2)21-12-11-20(17,19)3;1-2/h6-7,9-10,16-17,19,21H,8,11-14H2,1-5H3;1-2H/b7-6-,15-10-;. The van der Waals surface area contributed by atoms with E-state index in [1.54, 1.807) is 14.2 Å². The summed E-state index contributed by atoms with van der Waals surface area (Å²) in [6.07, 6.45) is 18.6. The molecule has 146 valence electrons. The Kier molecular flexibility index (Phi) is 9.72. The third kappa shape index (κ3) is 5.48. The molecule has 2 rings (SSSR count). The van der Waals surface area contributed by atoms with E-state index in [0.717, 1.165) is 25.1 Å². The van der Waals surface area contributed by atoms with Crippen LogP contribution in [0.5, 0.6) is 0 Å². The molecule has 1 fully saturated rings. The maximum absolute atomic E-state index is 6.32. The molecular formula is C22H35NO3. The van der Waals surface area contributed by atoms with Gasteiger partial charge in [-0.25, -0.2) is 0 Å². The van der Waals surface area contributed by atoms with E-state index in [4.69, 9.17) is 14.2 Å². The molecule has 4 heteroatoms. The van der Waals surface area contributed by atoms with Crippen LogP contribution < -0.4 is 5.32 Å². The van der Waals surface area contributed by atoms with Crippen LogP contribution in [0.15, 0.2) is 35.6 Å². The predicted molar refractivity (Wildman–Crippen MR) is 108 cm³/mol. The summed E-state index contributed by atoms with van der Waals surface area (Å²) in [5.41, 5.74) is 1.31. The average Bonchev–Trinajstić information content (AvgIpc) is 2.64. The number of hydrogen-bond acceptors (Lipinski definition) is 4. The minimum atomic E-state index is 0.0257. The van der Waals surface area contributed by atoms with Gasteiger partial charge in [-0.05, 0) is 45.2 Å². The van der Waals surface area contributed by atoms with Crippen molar-refractivity contribution in [1.29, 1.82) is 0 Å². The first kappa shape index (κ1) is 22.5. The summed E-state index contributed by atoms with van der Waals surface area (Å²) in [5, 5.41) is 3.60. The fourth-order valence-corrected chi connectivity index (χ4v) is 4.08. The maximum atomic E-state index is 6.32. The van der Waals surface area contributed by atoms with E-state index in [0.29, 0.717) is 25.2 Å². The molecule has 2 aliphatic rings. The largest absolute Gasteiger partial charge is 0.499 e. The molecule has 1 aliphatic carbocycles. The van der Waals surface area contributed by atoms with Gasteiger partial charge in [-0.2, -0.15) is 0 Å². The van der Waals surface area contributed by atoms with Gasteiger partial charge < -0.3 is 19.5 Å². The fraction of sp³-hybridized carbons (Fsp3) is 0.636. The van der Waals surface area contributed by atoms with Crippen molar-refractivity contribution in [2.24, 2.45) is 11.3 Å². The first-order valence-corrected chi connectivity index (χ1v) is 9.27. The minimum absolute atomic E-state index is 0.0257. The Morgan fingerprint density at radius 2 is 2.08 bits per heavy atom. The lowest BCUT2D eigenvalue weighted by atomic mass is 9.61. The lowest BCUT2D eigenvalue weighted by Gasteiger charge is -2.51. The Labute approximate surface area is 159 Å². The number of rotatable bonds is 7. The molecule has 0 aromatic carbocycles. The molecule has 4 atom stereocenters. The summed E-state index contributed by atoms with van der Waals surface area (Å²) >= 11 is 0. The van der Waals surface area contributed by atoms with Gasteiger partial charge in [0.2, 0.25) is 0 Å².